The summed E-state index contributed by atoms with van der Waals surface area (Å²) in [6.45, 7) is 3.86. The number of benzene rings is 1. The minimum absolute atomic E-state index is 0.125. The van der Waals surface area contributed by atoms with Crippen LogP contribution in [0.25, 0.3) is 11.3 Å². The fourth-order valence-corrected chi connectivity index (χ4v) is 2.72. The number of phenolic OH excluding ortho intramolecular Hbond substituents is 1. The van der Waals surface area contributed by atoms with E-state index in [2.05, 4.69) is 25.7 Å². The van der Waals surface area contributed by atoms with Gasteiger partial charge in [0.15, 0.2) is 0 Å². The smallest absolute Gasteiger partial charge is 0.275 e. The maximum absolute atomic E-state index is 12.2. The van der Waals surface area contributed by atoms with Gasteiger partial charge in [-0.05, 0) is 37.1 Å². The number of nitrogens with zero attached hydrogens (tertiary/aromatic N) is 3. The van der Waals surface area contributed by atoms with Crippen molar-refractivity contribution in [2.75, 3.05) is 5.32 Å². The van der Waals surface area contributed by atoms with Gasteiger partial charge in [0.05, 0.1) is 5.69 Å². The van der Waals surface area contributed by atoms with Gasteiger partial charge in [0, 0.05) is 5.56 Å². The maximum atomic E-state index is 12.2. The van der Waals surface area contributed by atoms with Gasteiger partial charge in [-0.3, -0.25) is 15.2 Å². The van der Waals surface area contributed by atoms with Crippen molar-refractivity contribution in [2.24, 2.45) is 0 Å². The van der Waals surface area contributed by atoms with E-state index < -0.39 is 0 Å². The van der Waals surface area contributed by atoms with E-state index in [4.69, 9.17) is 0 Å². The molecule has 23 heavy (non-hydrogen) atoms. The number of nitrogens with one attached hydrogen (secondary N) is 2. The molecule has 0 atom stereocenters. The van der Waals surface area contributed by atoms with Gasteiger partial charge in [-0.2, -0.15) is 5.10 Å². The molecule has 7 nitrogen and oxygen atoms in total. The van der Waals surface area contributed by atoms with Gasteiger partial charge in [0.2, 0.25) is 5.13 Å². The molecule has 1 aromatic carbocycles. The molecule has 2 aromatic heterocycles. The first-order chi connectivity index (χ1) is 11.1. The zero-order chi connectivity index (χ0) is 16.4. The minimum atomic E-state index is -0.353. The van der Waals surface area contributed by atoms with Crippen LogP contribution in [0.2, 0.25) is 0 Å². The third kappa shape index (κ3) is 3.21. The van der Waals surface area contributed by atoms with Crippen LogP contribution in [-0.4, -0.2) is 31.4 Å². The Morgan fingerprint density at radius 2 is 2.17 bits per heavy atom. The van der Waals surface area contributed by atoms with Crippen LogP contribution in [0.4, 0.5) is 5.13 Å². The first kappa shape index (κ1) is 15.2. The van der Waals surface area contributed by atoms with Gasteiger partial charge in [-0.15, -0.1) is 10.2 Å². The van der Waals surface area contributed by atoms with Gasteiger partial charge in [-0.25, -0.2) is 0 Å². The number of phenols is 1. The Morgan fingerprint density at radius 3 is 2.87 bits per heavy atom. The lowest BCUT2D eigenvalue weighted by molar-refractivity contribution is 0.102. The molecule has 0 unspecified atom stereocenters. The van der Waals surface area contributed by atoms with Crippen LogP contribution in [0.3, 0.4) is 0 Å². The van der Waals surface area contributed by atoms with Gasteiger partial charge < -0.3 is 5.11 Å². The summed E-state index contributed by atoms with van der Waals surface area (Å²) in [5.41, 5.74) is 2.30. The Hall–Kier alpha value is -2.74. The van der Waals surface area contributed by atoms with E-state index in [1.165, 1.54) is 11.3 Å². The summed E-state index contributed by atoms with van der Waals surface area (Å²) in [6.07, 6.45) is 0.772. The summed E-state index contributed by atoms with van der Waals surface area (Å²) in [5, 5.41) is 28.6. The van der Waals surface area contributed by atoms with E-state index in [1.54, 1.807) is 18.2 Å². The fraction of sp³-hybridized carbons (Fsp3) is 0.200. The highest BCUT2D eigenvalue weighted by atomic mass is 32.1. The Morgan fingerprint density at radius 1 is 1.35 bits per heavy atom. The van der Waals surface area contributed by atoms with Crippen LogP contribution in [0.1, 0.15) is 28.0 Å². The number of aromatic amines is 1. The summed E-state index contributed by atoms with van der Waals surface area (Å²) >= 11 is 1.33. The van der Waals surface area contributed by atoms with E-state index in [0.717, 1.165) is 17.0 Å². The molecular weight excluding hydrogens is 314 g/mol. The molecule has 3 aromatic rings. The van der Waals surface area contributed by atoms with Crippen LogP contribution in [0.15, 0.2) is 24.3 Å². The Labute approximate surface area is 136 Å². The summed E-state index contributed by atoms with van der Waals surface area (Å²) in [7, 11) is 0. The predicted octanol–water partition coefficient (Wildman–Crippen LogP) is 2.76. The number of carbonyl (C=O) groups is 1. The molecule has 0 saturated carbocycles. The molecule has 2 heterocycles. The lowest BCUT2D eigenvalue weighted by atomic mass is 10.1. The van der Waals surface area contributed by atoms with Crippen molar-refractivity contribution in [2.45, 2.75) is 20.3 Å². The normalized spacial score (nSPS) is 10.7. The van der Waals surface area contributed by atoms with Crippen molar-refractivity contribution in [1.29, 1.82) is 0 Å². The number of hydrogen-bond donors (Lipinski definition) is 3. The zero-order valence-corrected chi connectivity index (χ0v) is 13.4. The average molecular weight is 329 g/mol. The van der Waals surface area contributed by atoms with Crippen LogP contribution >= 0.6 is 11.3 Å². The van der Waals surface area contributed by atoms with Crippen molar-refractivity contribution in [1.82, 2.24) is 20.4 Å². The molecule has 8 heteroatoms. The molecule has 0 fully saturated rings. The van der Waals surface area contributed by atoms with E-state index >= 15 is 0 Å². The van der Waals surface area contributed by atoms with Gasteiger partial charge >= 0.3 is 0 Å². The lowest BCUT2D eigenvalue weighted by Gasteiger charge is -2.01. The maximum Gasteiger partial charge on any atom is 0.275 e. The topological polar surface area (TPSA) is 104 Å². The molecule has 118 valence electrons. The molecule has 0 aliphatic rings. The Kier molecular flexibility index (Phi) is 4.07. The quantitative estimate of drug-likeness (QED) is 0.683. The number of rotatable bonds is 4. The molecule has 0 saturated heterocycles. The molecule has 0 aliphatic heterocycles. The van der Waals surface area contributed by atoms with Crippen molar-refractivity contribution < 1.29 is 9.90 Å². The third-order valence-electron chi connectivity index (χ3n) is 3.24. The largest absolute Gasteiger partial charge is 0.507 e. The van der Waals surface area contributed by atoms with E-state index in [9.17, 15) is 9.90 Å². The number of aromatic nitrogens is 4. The van der Waals surface area contributed by atoms with Gasteiger partial charge in [-0.1, -0.05) is 24.3 Å². The molecule has 0 bridgehead atoms. The minimum Gasteiger partial charge on any atom is -0.507 e. The summed E-state index contributed by atoms with van der Waals surface area (Å²) < 4.78 is 0. The molecule has 0 spiro atoms. The number of H-pyrrole nitrogens is 1. The summed E-state index contributed by atoms with van der Waals surface area (Å²) in [4.78, 5) is 12.2. The van der Waals surface area contributed by atoms with Crippen LogP contribution in [0.5, 0.6) is 5.75 Å². The first-order valence-corrected chi connectivity index (χ1v) is 7.87. The lowest BCUT2D eigenvalue weighted by Crippen LogP contribution is -2.12. The van der Waals surface area contributed by atoms with Crippen molar-refractivity contribution >= 4 is 22.4 Å². The van der Waals surface area contributed by atoms with E-state index in [-0.39, 0.29) is 17.4 Å². The highest BCUT2D eigenvalue weighted by molar-refractivity contribution is 7.15. The molecule has 0 radical (unpaired) electrons. The number of hydrogen-bond acceptors (Lipinski definition) is 6. The predicted molar refractivity (Wildman–Crippen MR) is 87.7 cm³/mol. The summed E-state index contributed by atoms with van der Waals surface area (Å²) in [5.74, 6) is -0.227. The number of carbonyl (C=O) groups excluding carboxylic acids is 1. The van der Waals surface area contributed by atoms with Crippen molar-refractivity contribution in [3.05, 3.63) is 40.5 Å². The molecule has 1 amide bonds. The first-order valence-electron chi connectivity index (χ1n) is 7.06. The van der Waals surface area contributed by atoms with Crippen LogP contribution in [-0.2, 0) is 6.42 Å². The van der Waals surface area contributed by atoms with Gasteiger partial charge in [0.25, 0.3) is 5.91 Å². The number of aromatic hydroxyl groups is 1. The van der Waals surface area contributed by atoms with Crippen LogP contribution < -0.4 is 5.32 Å². The molecule has 3 rings (SSSR count). The molecule has 0 aliphatic carbocycles. The monoisotopic (exact) mass is 329 g/mol. The standard InChI is InChI=1S/C15H15N5O2S/c1-3-13-19-20-15(23-13)16-14(22)11-7-10(17-18-11)9-5-4-8(2)6-12(9)21/h4-7,21H,3H2,1-2H3,(H,17,18)(H,16,20,22). The summed E-state index contributed by atoms with van der Waals surface area (Å²) in [6, 6.07) is 6.87. The highest BCUT2D eigenvalue weighted by Gasteiger charge is 2.15. The number of anilines is 1. The van der Waals surface area contributed by atoms with Crippen molar-refractivity contribution in [3.63, 3.8) is 0 Å². The third-order valence-corrected chi connectivity index (χ3v) is 4.22. The number of aryl methyl sites for hydroxylation is 2. The average Bonchev–Trinajstić information content (AvgIpc) is 3.16. The second-order valence-electron chi connectivity index (χ2n) is 5.00. The van der Waals surface area contributed by atoms with Crippen molar-refractivity contribution in [3.8, 4) is 17.0 Å². The van der Waals surface area contributed by atoms with E-state index in [1.807, 2.05) is 19.9 Å². The van der Waals surface area contributed by atoms with Gasteiger partial charge in [0.1, 0.15) is 16.5 Å². The SMILES string of the molecule is CCc1nnc(NC(=O)c2cc(-c3ccc(C)cc3O)n[nH]2)s1. The Bertz CT molecular complexity index is 855. The molecule has 3 N–H and O–H groups in total. The molecular formula is C15H15N5O2S. The highest BCUT2D eigenvalue weighted by Crippen LogP contribution is 2.29. The fourth-order valence-electron chi connectivity index (χ4n) is 2.05. The van der Waals surface area contributed by atoms with Crippen LogP contribution in [0, 0.1) is 6.92 Å². The Balaban J connectivity index is 1.79. The van der Waals surface area contributed by atoms with E-state index in [0.29, 0.717) is 16.4 Å². The zero-order valence-electron chi connectivity index (χ0n) is 12.6. The number of amides is 1. The second kappa shape index (κ2) is 6.17. The second-order valence-corrected chi connectivity index (χ2v) is 6.06.